The quantitative estimate of drug-likeness (QED) is 0.339. The molecule has 0 aromatic heterocycles. The molecule has 3 amide bonds. The second-order valence-electron chi connectivity index (χ2n) is 13.4. The topological polar surface area (TPSA) is 154 Å². The van der Waals surface area contributed by atoms with E-state index < -0.39 is 47.8 Å². The summed E-state index contributed by atoms with van der Waals surface area (Å²) < 4.78 is 10.7. The van der Waals surface area contributed by atoms with Crippen LogP contribution in [0.3, 0.4) is 0 Å². The van der Waals surface area contributed by atoms with Crippen molar-refractivity contribution < 1.29 is 38.9 Å². The normalized spacial score (nSPS) is 28.9. The second-order valence-corrected chi connectivity index (χ2v) is 13.4. The molecule has 2 aliphatic heterocycles. The molecule has 2 saturated carbocycles. The number of aliphatic carboxylic acids is 1. The molecule has 4 aliphatic rings. The molecule has 4 fully saturated rings. The number of carboxylic acids is 1. The number of hydrogen-bond acceptors (Lipinski definition) is 7. The lowest BCUT2D eigenvalue weighted by Gasteiger charge is -2.38. The van der Waals surface area contributed by atoms with Crippen LogP contribution in [0.25, 0.3) is 0 Å². The van der Waals surface area contributed by atoms with E-state index in [2.05, 4.69) is 24.5 Å². The van der Waals surface area contributed by atoms with Gasteiger partial charge < -0.3 is 35.2 Å². The average molecular weight is 552 g/mol. The van der Waals surface area contributed by atoms with Gasteiger partial charge in [0.1, 0.15) is 17.7 Å². The Balaban J connectivity index is 1.55. The third-order valence-electron chi connectivity index (χ3n) is 9.08. The molecule has 0 bridgehead atoms. The number of rotatable bonds is 9. The van der Waals surface area contributed by atoms with Crippen LogP contribution in [0.4, 0.5) is 4.79 Å². The number of amides is 3. The summed E-state index contributed by atoms with van der Waals surface area (Å²) in [5, 5.41) is 25.4. The van der Waals surface area contributed by atoms with Crippen molar-refractivity contribution in [2.45, 2.75) is 103 Å². The molecule has 6 atom stereocenters. The van der Waals surface area contributed by atoms with E-state index in [0.29, 0.717) is 19.8 Å². The Morgan fingerprint density at radius 2 is 1.72 bits per heavy atom. The fourth-order valence-corrected chi connectivity index (χ4v) is 6.76. The number of ether oxygens (including phenoxy) is 2. The van der Waals surface area contributed by atoms with Crippen molar-refractivity contribution >= 4 is 23.9 Å². The van der Waals surface area contributed by atoms with Gasteiger partial charge in [-0.15, -0.1) is 0 Å². The molecule has 0 aromatic rings. The van der Waals surface area contributed by atoms with Crippen molar-refractivity contribution in [3.63, 3.8) is 0 Å². The van der Waals surface area contributed by atoms with Gasteiger partial charge >= 0.3 is 12.1 Å². The lowest BCUT2D eigenvalue weighted by atomic mass is 9.83. The highest BCUT2D eigenvalue weighted by Gasteiger charge is 2.69. The largest absolute Gasteiger partial charge is 0.479 e. The average Bonchev–Trinajstić information content (AvgIpc) is 3.15. The van der Waals surface area contributed by atoms with Crippen LogP contribution in [0.2, 0.25) is 0 Å². The number of fused-ring (bicyclic) bond motifs is 1. The fourth-order valence-electron chi connectivity index (χ4n) is 6.76. The predicted molar refractivity (Wildman–Crippen MR) is 140 cm³/mol. The van der Waals surface area contributed by atoms with Gasteiger partial charge in [-0.1, -0.05) is 33.1 Å². The van der Waals surface area contributed by atoms with Gasteiger partial charge in [-0.3, -0.25) is 9.59 Å². The minimum Gasteiger partial charge on any atom is -0.479 e. The Morgan fingerprint density at radius 1 is 1.08 bits per heavy atom. The van der Waals surface area contributed by atoms with Crippen molar-refractivity contribution in [3.05, 3.63) is 0 Å². The SMILES string of the molecule is CC(C)(C)OC(=O)N[C@H](C(=O)N1CC2C([C@H]1C(=O)N[C@H](CC1COC1)C(O)C(=O)O)C2(C)C)C1CCCCC1. The molecular formula is C28H45N3O8. The maximum Gasteiger partial charge on any atom is 0.408 e. The maximum atomic E-state index is 14.1. The molecule has 3 unspecified atom stereocenters. The first-order valence-corrected chi connectivity index (χ1v) is 14.3. The van der Waals surface area contributed by atoms with Crippen LogP contribution in [-0.2, 0) is 23.9 Å². The van der Waals surface area contributed by atoms with Crippen LogP contribution >= 0.6 is 0 Å². The first kappa shape index (κ1) is 29.6. The number of aliphatic hydroxyl groups is 1. The lowest BCUT2D eigenvalue weighted by Crippen LogP contribution is -2.60. The number of hydrogen-bond donors (Lipinski definition) is 4. The molecule has 2 heterocycles. The minimum absolute atomic E-state index is 0.0458. The summed E-state index contributed by atoms with van der Waals surface area (Å²) in [5.74, 6) is -2.18. The molecule has 39 heavy (non-hydrogen) atoms. The number of nitrogens with one attached hydrogen (secondary N) is 2. The zero-order chi connectivity index (χ0) is 28.7. The monoisotopic (exact) mass is 551 g/mol. The first-order chi connectivity index (χ1) is 18.2. The van der Waals surface area contributed by atoms with Gasteiger partial charge in [0.2, 0.25) is 11.8 Å². The van der Waals surface area contributed by atoms with Crippen LogP contribution in [0.5, 0.6) is 0 Å². The molecule has 11 heteroatoms. The van der Waals surface area contributed by atoms with Gasteiger partial charge in [0.25, 0.3) is 0 Å². The molecular weight excluding hydrogens is 506 g/mol. The van der Waals surface area contributed by atoms with E-state index in [4.69, 9.17) is 9.47 Å². The summed E-state index contributed by atoms with van der Waals surface area (Å²) in [4.78, 5) is 53.8. The van der Waals surface area contributed by atoms with Crippen molar-refractivity contribution in [2.24, 2.45) is 29.1 Å². The third-order valence-corrected chi connectivity index (χ3v) is 9.08. The summed E-state index contributed by atoms with van der Waals surface area (Å²) in [5.41, 5.74) is -0.877. The third kappa shape index (κ3) is 6.51. The highest BCUT2D eigenvalue weighted by Crippen LogP contribution is 2.65. The highest BCUT2D eigenvalue weighted by molar-refractivity contribution is 5.93. The van der Waals surface area contributed by atoms with Crippen LogP contribution in [0.15, 0.2) is 0 Å². The van der Waals surface area contributed by atoms with Crippen LogP contribution in [0, 0.1) is 29.1 Å². The van der Waals surface area contributed by atoms with Crippen molar-refractivity contribution in [3.8, 4) is 0 Å². The van der Waals surface area contributed by atoms with Gasteiger partial charge in [-0.05, 0) is 63.2 Å². The Bertz CT molecular complexity index is 953. The number of nitrogens with zero attached hydrogens (tertiary/aromatic N) is 1. The van der Waals surface area contributed by atoms with E-state index in [1.165, 1.54) is 0 Å². The van der Waals surface area contributed by atoms with Crippen molar-refractivity contribution in [1.82, 2.24) is 15.5 Å². The molecule has 220 valence electrons. The summed E-state index contributed by atoms with van der Waals surface area (Å²) in [6.07, 6.45) is 2.44. The van der Waals surface area contributed by atoms with Crippen LogP contribution < -0.4 is 10.6 Å². The number of alkyl carbamates (subject to hydrolysis) is 1. The van der Waals surface area contributed by atoms with E-state index in [1.54, 1.807) is 25.7 Å². The molecule has 4 N–H and O–H groups in total. The number of carboxylic acid groups (broad SMARTS) is 1. The van der Waals surface area contributed by atoms with Crippen LogP contribution in [-0.4, -0.2) is 88.6 Å². The van der Waals surface area contributed by atoms with Gasteiger partial charge in [0, 0.05) is 12.5 Å². The Morgan fingerprint density at radius 3 is 2.26 bits per heavy atom. The summed E-state index contributed by atoms with van der Waals surface area (Å²) >= 11 is 0. The van der Waals surface area contributed by atoms with E-state index in [0.717, 1.165) is 32.1 Å². The van der Waals surface area contributed by atoms with E-state index in [9.17, 15) is 29.4 Å². The molecule has 0 spiro atoms. The van der Waals surface area contributed by atoms with Gasteiger partial charge in [0.15, 0.2) is 6.10 Å². The Labute approximate surface area is 230 Å². The molecule has 11 nitrogen and oxygen atoms in total. The number of likely N-dealkylation sites (tertiary alicyclic amines) is 1. The zero-order valence-electron chi connectivity index (χ0n) is 23.8. The number of piperidine rings is 1. The van der Waals surface area contributed by atoms with Crippen molar-refractivity contribution in [1.29, 1.82) is 0 Å². The van der Waals surface area contributed by atoms with E-state index in [1.807, 2.05) is 0 Å². The summed E-state index contributed by atoms with van der Waals surface area (Å²) in [7, 11) is 0. The maximum absolute atomic E-state index is 14.1. The molecule has 0 radical (unpaired) electrons. The molecule has 2 aliphatic carbocycles. The zero-order valence-corrected chi connectivity index (χ0v) is 23.8. The molecule has 4 rings (SSSR count). The number of carbonyl (C=O) groups is 4. The van der Waals surface area contributed by atoms with Gasteiger partial charge in [-0.2, -0.15) is 0 Å². The first-order valence-electron chi connectivity index (χ1n) is 14.3. The fraction of sp³-hybridized carbons (Fsp3) is 0.857. The number of aliphatic hydroxyl groups excluding tert-OH is 1. The molecule has 0 aromatic carbocycles. The standard InChI is InChI=1S/C28H45N3O8/c1-27(2,3)39-26(37)30-20(16-9-7-6-8-10-16)24(34)31-12-17-19(28(17,4)5)21(31)23(33)29-18(22(32)25(35)36)11-15-13-38-14-15/h15-22,32H,6-14H2,1-5H3,(H,29,33)(H,30,37)(H,35,36)/t17?,18-,19?,20+,21+,22?/m1/s1. The summed E-state index contributed by atoms with van der Waals surface area (Å²) in [6, 6.07) is -2.63. The van der Waals surface area contributed by atoms with E-state index >= 15 is 0 Å². The van der Waals surface area contributed by atoms with Crippen molar-refractivity contribution in [2.75, 3.05) is 19.8 Å². The van der Waals surface area contributed by atoms with Gasteiger partial charge in [-0.25, -0.2) is 9.59 Å². The summed E-state index contributed by atoms with van der Waals surface area (Å²) in [6.45, 7) is 10.7. The Kier molecular flexibility index (Phi) is 8.52. The Hall–Kier alpha value is -2.40. The smallest absolute Gasteiger partial charge is 0.408 e. The lowest BCUT2D eigenvalue weighted by molar-refractivity contribution is -0.151. The van der Waals surface area contributed by atoms with Crippen LogP contribution in [0.1, 0.15) is 73.1 Å². The second kappa shape index (κ2) is 11.2. The molecule has 2 saturated heterocycles. The van der Waals surface area contributed by atoms with E-state index in [-0.39, 0.29) is 41.4 Å². The number of carbonyl (C=O) groups excluding carboxylic acids is 3. The highest BCUT2D eigenvalue weighted by atomic mass is 16.6. The van der Waals surface area contributed by atoms with Gasteiger partial charge in [0.05, 0.1) is 19.3 Å². The minimum atomic E-state index is -1.77. The predicted octanol–water partition coefficient (Wildman–Crippen LogP) is 1.91.